The molecule has 0 aromatic carbocycles. The molecule has 82 valence electrons. The Bertz CT molecular complexity index is 173. The highest BCUT2D eigenvalue weighted by Crippen LogP contribution is 2.10. The number of ether oxygens (including phenoxy) is 1. The van der Waals surface area contributed by atoms with Crippen LogP contribution in [0.2, 0.25) is 0 Å². The minimum Gasteiger partial charge on any atom is -0.497 e. The lowest BCUT2D eigenvalue weighted by atomic mass is 10.1. The molecule has 0 amide bonds. The summed E-state index contributed by atoms with van der Waals surface area (Å²) in [5, 5.41) is 3.56. The Kier molecular flexibility index (Phi) is 6.12. The molecule has 14 heavy (non-hydrogen) atoms. The predicted octanol–water partition coefficient (Wildman–Crippen LogP) is 2.41. The first-order chi connectivity index (χ1) is 6.86. The fourth-order valence-electron chi connectivity index (χ4n) is 1.56. The Hall–Kier alpha value is -0.150. The molecule has 0 bridgehead atoms. The third kappa shape index (κ3) is 4.38. The molecule has 0 aliphatic carbocycles. The van der Waals surface area contributed by atoms with Crippen LogP contribution in [0, 0.1) is 0 Å². The number of hydrogen-bond acceptors (Lipinski definition) is 3. The minimum absolute atomic E-state index is 0.385. The summed E-state index contributed by atoms with van der Waals surface area (Å²) in [4.78, 5) is 0. The molecule has 2 nitrogen and oxygen atoms in total. The van der Waals surface area contributed by atoms with E-state index in [0.717, 1.165) is 19.4 Å². The lowest BCUT2D eigenvalue weighted by molar-refractivity contribution is 0.120. The van der Waals surface area contributed by atoms with Gasteiger partial charge < -0.3 is 10.1 Å². The molecule has 3 heteroatoms. The van der Waals surface area contributed by atoms with Gasteiger partial charge in [0.05, 0.1) is 6.26 Å². The molecule has 2 atom stereocenters. The second-order valence-electron chi connectivity index (χ2n) is 3.68. The molecule has 1 heterocycles. The van der Waals surface area contributed by atoms with Gasteiger partial charge in [0.15, 0.2) is 0 Å². The largest absolute Gasteiger partial charge is 0.497 e. The molecular formula is C11H21NOS. The molecule has 1 N–H and O–H groups in total. The Morgan fingerprint density at radius 2 is 2.50 bits per heavy atom. The van der Waals surface area contributed by atoms with Gasteiger partial charge in [-0.2, -0.15) is 11.8 Å². The van der Waals surface area contributed by atoms with E-state index in [1.807, 2.05) is 18.0 Å². The topological polar surface area (TPSA) is 21.3 Å². The van der Waals surface area contributed by atoms with Gasteiger partial charge in [0.1, 0.15) is 6.10 Å². The molecule has 1 aliphatic rings. The van der Waals surface area contributed by atoms with Gasteiger partial charge in [0.25, 0.3) is 0 Å². The molecule has 0 saturated carbocycles. The van der Waals surface area contributed by atoms with E-state index in [0.29, 0.717) is 12.1 Å². The maximum absolute atomic E-state index is 5.50. The average Bonchev–Trinajstić information content (AvgIpc) is 2.25. The molecule has 0 fully saturated rings. The van der Waals surface area contributed by atoms with Gasteiger partial charge in [-0.15, -0.1) is 0 Å². The van der Waals surface area contributed by atoms with Gasteiger partial charge in [-0.1, -0.05) is 6.92 Å². The second-order valence-corrected chi connectivity index (χ2v) is 4.59. The Morgan fingerprint density at radius 3 is 3.07 bits per heavy atom. The summed E-state index contributed by atoms with van der Waals surface area (Å²) in [6.45, 7) is 3.22. The van der Waals surface area contributed by atoms with Crippen LogP contribution in [-0.4, -0.2) is 30.7 Å². The van der Waals surface area contributed by atoms with E-state index in [1.54, 1.807) is 0 Å². The Morgan fingerprint density at radius 1 is 1.64 bits per heavy atom. The zero-order chi connectivity index (χ0) is 10.2. The summed E-state index contributed by atoms with van der Waals surface area (Å²) in [6, 6.07) is 0.638. The smallest absolute Gasteiger partial charge is 0.110 e. The molecule has 0 spiro atoms. The van der Waals surface area contributed by atoms with Gasteiger partial charge in [-0.3, -0.25) is 0 Å². The third-order valence-corrected chi connectivity index (χ3v) is 3.25. The van der Waals surface area contributed by atoms with Crippen molar-refractivity contribution in [3.05, 3.63) is 12.3 Å². The maximum Gasteiger partial charge on any atom is 0.110 e. The summed E-state index contributed by atoms with van der Waals surface area (Å²) < 4.78 is 5.50. The molecule has 0 aromatic heterocycles. The highest BCUT2D eigenvalue weighted by Gasteiger charge is 2.12. The number of rotatable bonds is 6. The molecule has 0 radical (unpaired) electrons. The summed E-state index contributed by atoms with van der Waals surface area (Å²) in [6.07, 6.45) is 9.98. The van der Waals surface area contributed by atoms with Crippen LogP contribution in [0.3, 0.4) is 0 Å². The summed E-state index contributed by atoms with van der Waals surface area (Å²) in [7, 11) is 0. The van der Waals surface area contributed by atoms with Crippen molar-refractivity contribution in [3.8, 4) is 0 Å². The van der Waals surface area contributed by atoms with Crippen molar-refractivity contribution >= 4 is 11.8 Å². The first-order valence-electron chi connectivity index (χ1n) is 5.39. The number of nitrogens with one attached hydrogen (secondary N) is 1. The fraction of sp³-hybridized carbons (Fsp3) is 0.818. The van der Waals surface area contributed by atoms with Crippen molar-refractivity contribution in [1.29, 1.82) is 0 Å². The van der Waals surface area contributed by atoms with E-state index in [-0.39, 0.29) is 0 Å². The first kappa shape index (κ1) is 11.9. The standard InChI is InChI=1S/C11H21NOS/c1-3-10(9-14-2)12-8-11-6-4-5-7-13-11/h5,7,10-12H,3-4,6,8-9H2,1-2H3. The maximum atomic E-state index is 5.50. The zero-order valence-corrected chi connectivity index (χ0v) is 9.98. The van der Waals surface area contributed by atoms with Crippen LogP contribution in [0.25, 0.3) is 0 Å². The molecule has 2 unspecified atom stereocenters. The molecular weight excluding hydrogens is 194 g/mol. The Labute approximate surface area is 91.5 Å². The number of hydrogen-bond donors (Lipinski definition) is 1. The highest BCUT2D eigenvalue weighted by atomic mass is 32.2. The second kappa shape index (κ2) is 7.18. The van der Waals surface area contributed by atoms with Crippen molar-refractivity contribution in [1.82, 2.24) is 5.32 Å². The van der Waals surface area contributed by atoms with Crippen LogP contribution in [-0.2, 0) is 4.74 Å². The fourth-order valence-corrected chi connectivity index (χ4v) is 2.31. The normalized spacial score (nSPS) is 23.1. The van der Waals surface area contributed by atoms with E-state index >= 15 is 0 Å². The van der Waals surface area contributed by atoms with E-state index in [4.69, 9.17) is 4.74 Å². The minimum atomic E-state index is 0.385. The molecule has 1 aliphatic heterocycles. The van der Waals surface area contributed by atoms with Gasteiger partial charge in [0.2, 0.25) is 0 Å². The average molecular weight is 215 g/mol. The summed E-state index contributed by atoms with van der Waals surface area (Å²) in [5.74, 6) is 1.19. The van der Waals surface area contributed by atoms with E-state index in [2.05, 4.69) is 24.6 Å². The van der Waals surface area contributed by atoms with Crippen LogP contribution in [0.4, 0.5) is 0 Å². The van der Waals surface area contributed by atoms with Crippen LogP contribution in [0.1, 0.15) is 26.2 Å². The first-order valence-corrected chi connectivity index (χ1v) is 6.79. The Balaban J connectivity index is 2.14. The molecule has 1 rings (SSSR count). The van der Waals surface area contributed by atoms with E-state index in [9.17, 15) is 0 Å². The van der Waals surface area contributed by atoms with Crippen LogP contribution in [0.15, 0.2) is 12.3 Å². The number of thioether (sulfide) groups is 1. The lowest BCUT2D eigenvalue weighted by Gasteiger charge is -2.23. The van der Waals surface area contributed by atoms with Crippen molar-refractivity contribution in [2.24, 2.45) is 0 Å². The molecule has 0 saturated heterocycles. The monoisotopic (exact) mass is 215 g/mol. The lowest BCUT2D eigenvalue weighted by Crippen LogP contribution is -2.37. The number of allylic oxidation sites excluding steroid dienone is 1. The summed E-state index contributed by atoms with van der Waals surface area (Å²) >= 11 is 1.90. The van der Waals surface area contributed by atoms with Gasteiger partial charge in [-0.25, -0.2) is 0 Å². The third-order valence-electron chi connectivity index (χ3n) is 2.52. The van der Waals surface area contributed by atoms with Crippen molar-refractivity contribution in [2.75, 3.05) is 18.6 Å². The van der Waals surface area contributed by atoms with Gasteiger partial charge >= 0.3 is 0 Å². The van der Waals surface area contributed by atoms with Crippen molar-refractivity contribution in [2.45, 2.75) is 38.3 Å². The SMILES string of the molecule is CCC(CSC)NCC1CCC=CO1. The van der Waals surface area contributed by atoms with Gasteiger partial charge in [0, 0.05) is 18.3 Å². The highest BCUT2D eigenvalue weighted by molar-refractivity contribution is 7.98. The van der Waals surface area contributed by atoms with Crippen LogP contribution in [0.5, 0.6) is 0 Å². The quantitative estimate of drug-likeness (QED) is 0.735. The summed E-state index contributed by atoms with van der Waals surface area (Å²) in [5.41, 5.74) is 0. The van der Waals surface area contributed by atoms with Crippen molar-refractivity contribution in [3.63, 3.8) is 0 Å². The van der Waals surface area contributed by atoms with Crippen LogP contribution < -0.4 is 5.32 Å². The van der Waals surface area contributed by atoms with Crippen LogP contribution >= 0.6 is 11.8 Å². The van der Waals surface area contributed by atoms with Gasteiger partial charge in [-0.05, 0) is 31.6 Å². The predicted molar refractivity (Wildman–Crippen MR) is 63.7 cm³/mol. The van der Waals surface area contributed by atoms with E-state index in [1.165, 1.54) is 12.2 Å². The zero-order valence-electron chi connectivity index (χ0n) is 9.16. The van der Waals surface area contributed by atoms with Crippen molar-refractivity contribution < 1.29 is 4.74 Å². The van der Waals surface area contributed by atoms with E-state index < -0.39 is 0 Å². The molecule has 0 aromatic rings.